The van der Waals surface area contributed by atoms with E-state index in [4.69, 9.17) is 15.2 Å². The van der Waals surface area contributed by atoms with Gasteiger partial charge in [0.05, 0.1) is 12.7 Å². The fourth-order valence-electron chi connectivity index (χ4n) is 2.41. The molecule has 0 aliphatic carbocycles. The standard InChI is InChI=1S/C20H29N3O2/c1-13(2)16-6-7-19(22-11-16)24-9-8-15(5)17-10-18(25-14(3)4)20(21)23-12-17/h6-7,10-15H,8-9H2,1-5H3,(H2,21,23). The van der Waals surface area contributed by atoms with Gasteiger partial charge in [-0.15, -0.1) is 0 Å². The molecule has 2 rings (SSSR count). The van der Waals surface area contributed by atoms with E-state index in [9.17, 15) is 0 Å². The molecule has 0 radical (unpaired) electrons. The lowest BCUT2D eigenvalue weighted by molar-refractivity contribution is 0.242. The Morgan fingerprint density at radius 1 is 1.00 bits per heavy atom. The SMILES string of the molecule is CC(C)Oc1cc(C(C)CCOc2ccc(C(C)C)cn2)cnc1N. The van der Waals surface area contributed by atoms with Gasteiger partial charge < -0.3 is 15.2 Å². The van der Waals surface area contributed by atoms with Gasteiger partial charge in [0, 0.05) is 18.5 Å². The van der Waals surface area contributed by atoms with Gasteiger partial charge in [-0.3, -0.25) is 0 Å². The largest absolute Gasteiger partial charge is 0.487 e. The molecule has 2 N–H and O–H groups in total. The topological polar surface area (TPSA) is 70.3 Å². The molecule has 0 aliphatic rings. The third-order valence-corrected chi connectivity index (χ3v) is 4.06. The lowest BCUT2D eigenvalue weighted by atomic mass is 10.00. The van der Waals surface area contributed by atoms with Gasteiger partial charge in [0.2, 0.25) is 5.88 Å². The monoisotopic (exact) mass is 343 g/mol. The van der Waals surface area contributed by atoms with E-state index in [-0.39, 0.29) is 12.0 Å². The first-order valence-corrected chi connectivity index (χ1v) is 8.87. The molecule has 2 aromatic heterocycles. The average molecular weight is 343 g/mol. The van der Waals surface area contributed by atoms with Crippen molar-refractivity contribution in [1.29, 1.82) is 0 Å². The van der Waals surface area contributed by atoms with Crippen molar-refractivity contribution in [3.63, 3.8) is 0 Å². The molecule has 0 saturated carbocycles. The molecule has 0 bridgehead atoms. The summed E-state index contributed by atoms with van der Waals surface area (Å²) in [6, 6.07) is 5.97. The zero-order chi connectivity index (χ0) is 18.4. The Morgan fingerprint density at radius 2 is 1.72 bits per heavy atom. The summed E-state index contributed by atoms with van der Waals surface area (Å²) in [6.45, 7) is 11.0. The molecule has 0 amide bonds. The highest BCUT2D eigenvalue weighted by atomic mass is 16.5. The maximum atomic E-state index is 5.88. The van der Waals surface area contributed by atoms with Gasteiger partial charge in [-0.1, -0.05) is 26.8 Å². The van der Waals surface area contributed by atoms with E-state index in [2.05, 4.69) is 36.8 Å². The van der Waals surface area contributed by atoms with E-state index in [1.54, 1.807) is 0 Å². The van der Waals surface area contributed by atoms with Gasteiger partial charge in [0.1, 0.15) is 0 Å². The van der Waals surface area contributed by atoms with Crippen LogP contribution in [0.15, 0.2) is 30.6 Å². The molecule has 2 heterocycles. The molecule has 0 spiro atoms. The Morgan fingerprint density at radius 3 is 2.32 bits per heavy atom. The zero-order valence-corrected chi connectivity index (χ0v) is 15.8. The van der Waals surface area contributed by atoms with Crippen LogP contribution in [0, 0.1) is 0 Å². The van der Waals surface area contributed by atoms with Crippen LogP contribution in [0.2, 0.25) is 0 Å². The third-order valence-electron chi connectivity index (χ3n) is 4.06. The first-order chi connectivity index (χ1) is 11.9. The van der Waals surface area contributed by atoms with Crippen molar-refractivity contribution in [2.24, 2.45) is 0 Å². The summed E-state index contributed by atoms with van der Waals surface area (Å²) >= 11 is 0. The van der Waals surface area contributed by atoms with Crippen LogP contribution >= 0.6 is 0 Å². The number of aromatic nitrogens is 2. The summed E-state index contributed by atoms with van der Waals surface area (Å²) in [5.41, 5.74) is 8.19. The smallest absolute Gasteiger partial charge is 0.213 e. The van der Waals surface area contributed by atoms with E-state index in [0.717, 1.165) is 12.0 Å². The van der Waals surface area contributed by atoms with Crippen molar-refractivity contribution >= 4 is 5.82 Å². The molecule has 136 valence electrons. The van der Waals surface area contributed by atoms with Crippen LogP contribution in [0.5, 0.6) is 11.6 Å². The number of nitrogen functional groups attached to an aromatic ring is 1. The number of ether oxygens (including phenoxy) is 2. The summed E-state index contributed by atoms with van der Waals surface area (Å²) in [5, 5.41) is 0. The van der Waals surface area contributed by atoms with Crippen molar-refractivity contribution in [2.45, 2.75) is 59.0 Å². The molecule has 1 unspecified atom stereocenters. The predicted octanol–water partition coefficient (Wildman–Crippen LogP) is 4.54. The second kappa shape index (κ2) is 8.70. The van der Waals surface area contributed by atoms with Gasteiger partial charge in [0.25, 0.3) is 0 Å². The molecule has 5 heteroatoms. The van der Waals surface area contributed by atoms with Gasteiger partial charge in [0.15, 0.2) is 11.6 Å². The molecular weight excluding hydrogens is 314 g/mol. The normalized spacial score (nSPS) is 12.4. The molecule has 25 heavy (non-hydrogen) atoms. The summed E-state index contributed by atoms with van der Waals surface area (Å²) in [7, 11) is 0. The molecule has 2 aromatic rings. The van der Waals surface area contributed by atoms with Crippen LogP contribution in [0.4, 0.5) is 5.82 Å². The molecule has 5 nitrogen and oxygen atoms in total. The highest BCUT2D eigenvalue weighted by Crippen LogP contribution is 2.27. The Kier molecular flexibility index (Phi) is 6.62. The van der Waals surface area contributed by atoms with Crippen LogP contribution in [-0.2, 0) is 0 Å². The van der Waals surface area contributed by atoms with E-state index in [1.807, 2.05) is 38.4 Å². The Hall–Kier alpha value is -2.30. The number of rotatable bonds is 8. The van der Waals surface area contributed by atoms with Crippen molar-refractivity contribution in [2.75, 3.05) is 12.3 Å². The summed E-state index contributed by atoms with van der Waals surface area (Å²) in [4.78, 5) is 8.60. The maximum absolute atomic E-state index is 5.88. The van der Waals surface area contributed by atoms with Crippen LogP contribution in [0.3, 0.4) is 0 Å². The quantitative estimate of drug-likeness (QED) is 0.762. The number of pyridine rings is 2. The molecule has 0 aliphatic heterocycles. The highest BCUT2D eigenvalue weighted by molar-refractivity contribution is 5.47. The molecule has 0 saturated heterocycles. The number of hydrogen-bond donors (Lipinski definition) is 1. The fourth-order valence-corrected chi connectivity index (χ4v) is 2.41. The summed E-state index contributed by atoms with van der Waals surface area (Å²) < 4.78 is 11.5. The number of nitrogens with zero attached hydrogens (tertiary/aromatic N) is 2. The van der Waals surface area contributed by atoms with E-state index >= 15 is 0 Å². The van der Waals surface area contributed by atoms with E-state index in [0.29, 0.717) is 30.0 Å². The Balaban J connectivity index is 1.90. The molecule has 0 fully saturated rings. The van der Waals surface area contributed by atoms with Crippen molar-refractivity contribution in [3.05, 3.63) is 41.7 Å². The number of hydrogen-bond acceptors (Lipinski definition) is 5. The second-order valence-electron chi connectivity index (χ2n) is 6.94. The van der Waals surface area contributed by atoms with E-state index < -0.39 is 0 Å². The van der Waals surface area contributed by atoms with Gasteiger partial charge in [-0.2, -0.15) is 0 Å². The molecule has 1 atom stereocenters. The minimum Gasteiger partial charge on any atom is -0.487 e. The van der Waals surface area contributed by atoms with Crippen molar-refractivity contribution in [3.8, 4) is 11.6 Å². The zero-order valence-electron chi connectivity index (χ0n) is 15.8. The summed E-state index contributed by atoms with van der Waals surface area (Å²) in [6.07, 6.45) is 4.62. The third kappa shape index (κ3) is 5.62. The fraction of sp³-hybridized carbons (Fsp3) is 0.500. The van der Waals surface area contributed by atoms with Gasteiger partial charge in [-0.25, -0.2) is 9.97 Å². The van der Waals surface area contributed by atoms with Crippen LogP contribution in [0.25, 0.3) is 0 Å². The lowest BCUT2D eigenvalue weighted by Gasteiger charge is -2.16. The van der Waals surface area contributed by atoms with Gasteiger partial charge >= 0.3 is 0 Å². The average Bonchev–Trinajstić information content (AvgIpc) is 2.56. The van der Waals surface area contributed by atoms with Crippen LogP contribution < -0.4 is 15.2 Å². The Bertz CT molecular complexity index is 669. The highest BCUT2D eigenvalue weighted by Gasteiger charge is 2.12. The van der Waals surface area contributed by atoms with Crippen LogP contribution in [-0.4, -0.2) is 22.7 Å². The minimum atomic E-state index is 0.0675. The molecular formula is C20H29N3O2. The first kappa shape index (κ1) is 19.0. The van der Waals surface area contributed by atoms with Crippen molar-refractivity contribution < 1.29 is 9.47 Å². The van der Waals surface area contributed by atoms with Crippen molar-refractivity contribution in [1.82, 2.24) is 9.97 Å². The van der Waals surface area contributed by atoms with Gasteiger partial charge in [-0.05, 0) is 49.3 Å². The lowest BCUT2D eigenvalue weighted by Crippen LogP contribution is -2.10. The number of anilines is 1. The predicted molar refractivity (Wildman–Crippen MR) is 101 cm³/mol. The second-order valence-corrected chi connectivity index (χ2v) is 6.94. The molecule has 0 aromatic carbocycles. The minimum absolute atomic E-state index is 0.0675. The first-order valence-electron chi connectivity index (χ1n) is 8.87. The maximum Gasteiger partial charge on any atom is 0.213 e. The Labute approximate surface area is 150 Å². The summed E-state index contributed by atoms with van der Waals surface area (Å²) in [5.74, 6) is 2.50. The van der Waals surface area contributed by atoms with E-state index in [1.165, 1.54) is 5.56 Å². The number of nitrogens with two attached hydrogens (primary N) is 1. The van der Waals surface area contributed by atoms with Crippen LogP contribution in [0.1, 0.15) is 64.0 Å².